The molecule has 0 aromatic carbocycles. The summed E-state index contributed by atoms with van der Waals surface area (Å²) < 4.78 is 11.3. The second-order valence-electron chi connectivity index (χ2n) is 6.67. The Balaban J connectivity index is 2.15. The van der Waals surface area contributed by atoms with Crippen molar-refractivity contribution < 1.29 is 14.6 Å². The molecule has 0 aliphatic carbocycles. The van der Waals surface area contributed by atoms with Crippen LogP contribution >= 0.6 is 0 Å². The van der Waals surface area contributed by atoms with Crippen LogP contribution in [0.5, 0.6) is 0 Å². The first kappa shape index (κ1) is 20.1. The third-order valence-corrected chi connectivity index (χ3v) is 4.26. The van der Waals surface area contributed by atoms with Crippen molar-refractivity contribution in [1.29, 1.82) is 0 Å². The van der Waals surface area contributed by atoms with Crippen molar-refractivity contribution >= 4 is 0 Å². The first-order valence-electron chi connectivity index (χ1n) is 8.87. The van der Waals surface area contributed by atoms with Crippen molar-refractivity contribution in [1.82, 2.24) is 0 Å². The third kappa shape index (κ3) is 9.75. The Morgan fingerprint density at radius 3 is 2.61 bits per heavy atom. The zero-order chi connectivity index (χ0) is 17.1. The van der Waals surface area contributed by atoms with Crippen LogP contribution in [0.2, 0.25) is 0 Å². The number of ether oxygens (including phenoxy) is 2. The molecule has 2 atom stereocenters. The smallest absolute Gasteiger partial charge is 0.157 e. The van der Waals surface area contributed by atoms with E-state index in [-0.39, 0.29) is 12.4 Å². The molecule has 1 fully saturated rings. The highest BCUT2D eigenvalue weighted by Crippen LogP contribution is 2.15. The summed E-state index contributed by atoms with van der Waals surface area (Å²) in [5.41, 5.74) is 3.54. The van der Waals surface area contributed by atoms with Gasteiger partial charge in [0.2, 0.25) is 0 Å². The van der Waals surface area contributed by atoms with Crippen LogP contribution in [0.3, 0.4) is 0 Å². The van der Waals surface area contributed by atoms with Gasteiger partial charge in [-0.15, -0.1) is 0 Å². The minimum absolute atomic E-state index is 0.00492. The van der Waals surface area contributed by atoms with Crippen molar-refractivity contribution in [3.05, 3.63) is 35.5 Å². The first-order chi connectivity index (χ1) is 11.0. The number of aliphatic hydroxyl groups excluding tert-OH is 1. The van der Waals surface area contributed by atoms with Gasteiger partial charge in [0.1, 0.15) is 0 Å². The van der Waals surface area contributed by atoms with Crippen LogP contribution in [0, 0.1) is 0 Å². The minimum Gasteiger partial charge on any atom is -0.389 e. The molecule has 0 radical (unpaired) electrons. The van der Waals surface area contributed by atoms with Crippen LogP contribution in [0.25, 0.3) is 0 Å². The van der Waals surface area contributed by atoms with Gasteiger partial charge in [-0.2, -0.15) is 0 Å². The van der Waals surface area contributed by atoms with Crippen LogP contribution in [-0.2, 0) is 9.47 Å². The van der Waals surface area contributed by atoms with Crippen molar-refractivity contribution in [3.8, 4) is 0 Å². The summed E-state index contributed by atoms with van der Waals surface area (Å²) in [4.78, 5) is 0. The van der Waals surface area contributed by atoms with E-state index < -0.39 is 0 Å². The SMILES string of the molecule is C=C(C)C(O)CC/C(C)=C\CC/C(C)=C/COC1CCCCO1. The minimum atomic E-state index is -0.376. The Hall–Kier alpha value is -0.900. The fraction of sp³-hybridized carbons (Fsp3) is 0.700. The van der Waals surface area contributed by atoms with Gasteiger partial charge in [0.05, 0.1) is 12.7 Å². The van der Waals surface area contributed by atoms with E-state index in [1.807, 2.05) is 6.92 Å². The molecule has 0 bridgehead atoms. The Kier molecular flexibility index (Phi) is 10.2. The molecule has 0 amide bonds. The van der Waals surface area contributed by atoms with Gasteiger partial charge in [-0.25, -0.2) is 0 Å². The summed E-state index contributed by atoms with van der Waals surface area (Å²) in [6.45, 7) is 11.4. The molecule has 1 aliphatic heterocycles. The van der Waals surface area contributed by atoms with Gasteiger partial charge in [-0.3, -0.25) is 0 Å². The van der Waals surface area contributed by atoms with Crippen LogP contribution in [0.1, 0.15) is 65.7 Å². The Bertz CT molecular complexity index is 403. The maximum atomic E-state index is 9.73. The normalized spacial score (nSPS) is 21.3. The molecule has 0 aromatic heterocycles. The average molecular weight is 322 g/mol. The zero-order valence-electron chi connectivity index (χ0n) is 15.1. The number of allylic oxidation sites excluding steroid dienone is 3. The Labute approximate surface area is 142 Å². The van der Waals surface area contributed by atoms with E-state index in [9.17, 15) is 5.11 Å². The molecule has 0 saturated carbocycles. The van der Waals surface area contributed by atoms with Crippen LogP contribution in [0.4, 0.5) is 0 Å². The van der Waals surface area contributed by atoms with E-state index in [4.69, 9.17) is 9.47 Å². The van der Waals surface area contributed by atoms with Crippen molar-refractivity contribution in [2.24, 2.45) is 0 Å². The highest BCUT2D eigenvalue weighted by molar-refractivity contribution is 5.05. The van der Waals surface area contributed by atoms with E-state index in [1.54, 1.807) is 0 Å². The number of aliphatic hydroxyl groups is 1. The quantitative estimate of drug-likeness (QED) is 0.580. The second-order valence-corrected chi connectivity index (χ2v) is 6.67. The van der Waals surface area contributed by atoms with Gasteiger partial charge in [-0.05, 0) is 65.7 Å². The molecule has 132 valence electrons. The predicted molar refractivity (Wildman–Crippen MR) is 96.3 cm³/mol. The molecule has 3 heteroatoms. The largest absolute Gasteiger partial charge is 0.389 e. The summed E-state index contributed by atoms with van der Waals surface area (Å²) in [5, 5.41) is 9.73. The summed E-state index contributed by atoms with van der Waals surface area (Å²) in [6.07, 6.45) is 11.2. The molecule has 1 N–H and O–H groups in total. The van der Waals surface area contributed by atoms with E-state index in [0.29, 0.717) is 6.61 Å². The lowest BCUT2D eigenvalue weighted by Gasteiger charge is -2.22. The molecule has 0 aromatic rings. The monoisotopic (exact) mass is 322 g/mol. The standard InChI is InChI=1S/C20H34O3/c1-16(2)19(21)12-11-17(3)8-7-9-18(4)13-15-23-20-10-5-6-14-22-20/h8,13,19-21H,1,5-7,9-12,14-15H2,2-4H3/b17-8-,18-13+. The third-order valence-electron chi connectivity index (χ3n) is 4.26. The molecular formula is C20H34O3. The molecule has 1 saturated heterocycles. The lowest BCUT2D eigenvalue weighted by atomic mass is 10.0. The average Bonchev–Trinajstić information content (AvgIpc) is 2.53. The van der Waals surface area contributed by atoms with Crippen molar-refractivity contribution in [2.75, 3.05) is 13.2 Å². The van der Waals surface area contributed by atoms with Gasteiger partial charge in [0.15, 0.2) is 6.29 Å². The fourth-order valence-corrected chi connectivity index (χ4v) is 2.50. The van der Waals surface area contributed by atoms with E-state index in [2.05, 4.69) is 32.6 Å². The Morgan fingerprint density at radius 2 is 1.96 bits per heavy atom. The molecule has 0 spiro atoms. The van der Waals surface area contributed by atoms with Crippen molar-refractivity contribution in [2.45, 2.75) is 78.1 Å². The van der Waals surface area contributed by atoms with E-state index >= 15 is 0 Å². The van der Waals surface area contributed by atoms with Gasteiger partial charge in [0.25, 0.3) is 0 Å². The van der Waals surface area contributed by atoms with Crippen LogP contribution < -0.4 is 0 Å². The topological polar surface area (TPSA) is 38.7 Å². The summed E-state index contributed by atoms with van der Waals surface area (Å²) >= 11 is 0. The van der Waals surface area contributed by atoms with Crippen LogP contribution in [-0.4, -0.2) is 30.7 Å². The molecule has 23 heavy (non-hydrogen) atoms. The highest BCUT2D eigenvalue weighted by atomic mass is 16.7. The second kappa shape index (κ2) is 11.6. The molecule has 2 unspecified atom stereocenters. The fourth-order valence-electron chi connectivity index (χ4n) is 2.50. The van der Waals surface area contributed by atoms with Gasteiger partial charge >= 0.3 is 0 Å². The van der Waals surface area contributed by atoms with Crippen molar-refractivity contribution in [3.63, 3.8) is 0 Å². The zero-order valence-corrected chi connectivity index (χ0v) is 15.1. The highest BCUT2D eigenvalue weighted by Gasteiger charge is 2.12. The van der Waals surface area contributed by atoms with Gasteiger partial charge in [0, 0.05) is 6.61 Å². The molecular weight excluding hydrogens is 288 g/mol. The first-order valence-corrected chi connectivity index (χ1v) is 8.87. The number of rotatable bonds is 10. The van der Waals surface area contributed by atoms with E-state index in [1.165, 1.54) is 17.6 Å². The lowest BCUT2D eigenvalue weighted by molar-refractivity contribution is -0.155. The van der Waals surface area contributed by atoms with Gasteiger partial charge < -0.3 is 14.6 Å². The summed E-state index contributed by atoms with van der Waals surface area (Å²) in [6, 6.07) is 0. The number of hydrogen-bond acceptors (Lipinski definition) is 3. The molecule has 3 nitrogen and oxygen atoms in total. The van der Waals surface area contributed by atoms with Crippen LogP contribution in [0.15, 0.2) is 35.5 Å². The molecule has 1 aliphatic rings. The summed E-state index contributed by atoms with van der Waals surface area (Å²) in [5.74, 6) is 0. The number of hydrogen-bond donors (Lipinski definition) is 1. The lowest BCUT2D eigenvalue weighted by Crippen LogP contribution is -2.22. The van der Waals surface area contributed by atoms with Gasteiger partial charge in [-0.1, -0.05) is 35.5 Å². The predicted octanol–water partition coefficient (Wildman–Crippen LogP) is 4.92. The molecule has 1 rings (SSSR count). The van der Waals surface area contributed by atoms with E-state index in [0.717, 1.165) is 50.7 Å². The maximum absolute atomic E-state index is 9.73. The summed E-state index contributed by atoms with van der Waals surface area (Å²) in [7, 11) is 0. The maximum Gasteiger partial charge on any atom is 0.157 e. The Morgan fingerprint density at radius 1 is 1.22 bits per heavy atom. The molecule has 1 heterocycles.